The molecule has 4 heterocycles. The molecular weight excluding hydrogens is 338 g/mol. The Morgan fingerprint density at radius 1 is 1.07 bits per heavy atom. The van der Waals surface area contributed by atoms with Gasteiger partial charge in [-0.2, -0.15) is 5.10 Å². The summed E-state index contributed by atoms with van der Waals surface area (Å²) < 4.78 is 0. The first kappa shape index (κ1) is 15.9. The molecule has 1 fully saturated rings. The standard InChI is InChI=1S/C21H19N5O/c27-20(26-10-3-11-26)19-17-6-7-21(12-18(17)24-25-19,15-4-1-8-22-13-15)16-5-2-9-23-14-16/h1-2,4-9,13-14H,3,10-12H2,(H,24,25). The van der Waals surface area contributed by atoms with Crippen molar-refractivity contribution in [1.29, 1.82) is 0 Å². The zero-order valence-electron chi connectivity index (χ0n) is 14.8. The van der Waals surface area contributed by atoms with Gasteiger partial charge in [-0.15, -0.1) is 0 Å². The van der Waals surface area contributed by atoms with E-state index in [-0.39, 0.29) is 11.3 Å². The van der Waals surface area contributed by atoms with Gasteiger partial charge in [-0.05, 0) is 29.7 Å². The summed E-state index contributed by atoms with van der Waals surface area (Å²) in [6.45, 7) is 1.64. The van der Waals surface area contributed by atoms with E-state index in [4.69, 9.17) is 0 Å². The Balaban J connectivity index is 1.60. The minimum absolute atomic E-state index is 0.0126. The van der Waals surface area contributed by atoms with Gasteiger partial charge in [0.05, 0.1) is 0 Å². The van der Waals surface area contributed by atoms with Crippen LogP contribution < -0.4 is 0 Å². The lowest BCUT2D eigenvalue weighted by molar-refractivity contribution is 0.0645. The Kier molecular flexibility index (Phi) is 3.63. The molecule has 6 heteroatoms. The molecule has 6 nitrogen and oxygen atoms in total. The highest BCUT2D eigenvalue weighted by Crippen LogP contribution is 2.41. The molecule has 134 valence electrons. The molecule has 0 atom stereocenters. The molecule has 3 aromatic heterocycles. The molecule has 1 aliphatic carbocycles. The van der Waals surface area contributed by atoms with Crippen LogP contribution in [0, 0.1) is 0 Å². The maximum atomic E-state index is 12.7. The van der Waals surface area contributed by atoms with Gasteiger partial charge < -0.3 is 4.90 Å². The summed E-state index contributed by atoms with van der Waals surface area (Å²) in [6.07, 6.45) is 13.3. The maximum absolute atomic E-state index is 12.7. The van der Waals surface area contributed by atoms with Crippen LogP contribution in [-0.2, 0) is 11.8 Å². The number of H-pyrrole nitrogens is 1. The first-order chi connectivity index (χ1) is 13.3. The molecule has 1 amide bonds. The molecule has 0 unspecified atom stereocenters. The molecule has 0 bridgehead atoms. The van der Waals surface area contributed by atoms with Crippen molar-refractivity contribution in [3.05, 3.63) is 83.2 Å². The highest BCUT2D eigenvalue weighted by molar-refractivity contribution is 5.97. The normalized spacial score (nSPS) is 17.3. The van der Waals surface area contributed by atoms with Gasteiger partial charge in [-0.3, -0.25) is 19.9 Å². The van der Waals surface area contributed by atoms with E-state index in [1.54, 1.807) is 12.4 Å². The highest BCUT2D eigenvalue weighted by Gasteiger charge is 2.38. The minimum Gasteiger partial charge on any atom is -0.337 e. The van der Waals surface area contributed by atoms with Crippen molar-refractivity contribution in [2.24, 2.45) is 0 Å². The predicted octanol–water partition coefficient (Wildman–Crippen LogP) is 2.60. The number of pyridine rings is 2. The quantitative estimate of drug-likeness (QED) is 0.782. The Bertz CT molecular complexity index is 966. The van der Waals surface area contributed by atoms with E-state index in [2.05, 4.69) is 38.4 Å². The average Bonchev–Trinajstić information content (AvgIpc) is 3.11. The first-order valence-corrected chi connectivity index (χ1v) is 9.15. The number of aromatic nitrogens is 4. The van der Waals surface area contributed by atoms with Gasteiger partial charge in [0.25, 0.3) is 5.91 Å². The maximum Gasteiger partial charge on any atom is 0.274 e. The van der Waals surface area contributed by atoms with Gasteiger partial charge in [-0.1, -0.05) is 24.3 Å². The van der Waals surface area contributed by atoms with E-state index in [0.29, 0.717) is 12.1 Å². The second-order valence-electron chi connectivity index (χ2n) is 7.08. The summed E-state index contributed by atoms with van der Waals surface area (Å²) in [5.41, 5.74) is 4.17. The lowest BCUT2D eigenvalue weighted by atomic mass is 9.69. The number of aromatic amines is 1. The summed E-state index contributed by atoms with van der Waals surface area (Å²) in [5, 5.41) is 7.47. The number of nitrogens with zero attached hydrogens (tertiary/aromatic N) is 4. The zero-order valence-corrected chi connectivity index (χ0v) is 14.8. The van der Waals surface area contributed by atoms with Crippen molar-refractivity contribution in [2.45, 2.75) is 18.3 Å². The summed E-state index contributed by atoms with van der Waals surface area (Å²) in [6, 6.07) is 8.06. The van der Waals surface area contributed by atoms with E-state index in [1.165, 1.54) is 0 Å². The monoisotopic (exact) mass is 357 g/mol. The second kappa shape index (κ2) is 6.16. The highest BCUT2D eigenvalue weighted by atomic mass is 16.2. The molecule has 2 aliphatic rings. The SMILES string of the molecule is O=C(c1n[nH]c2c1C=CC(c1cccnc1)(c1cccnc1)C2)N1CCC1. The summed E-state index contributed by atoms with van der Waals surface area (Å²) >= 11 is 0. The lowest BCUT2D eigenvalue weighted by Crippen LogP contribution is -2.42. The van der Waals surface area contributed by atoms with E-state index >= 15 is 0 Å². The molecule has 0 radical (unpaired) electrons. The number of amides is 1. The third kappa shape index (κ3) is 2.48. The van der Waals surface area contributed by atoms with E-state index in [9.17, 15) is 4.79 Å². The molecule has 1 saturated heterocycles. The van der Waals surface area contributed by atoms with Crippen LogP contribution in [0.15, 0.2) is 55.1 Å². The summed E-state index contributed by atoms with van der Waals surface area (Å²) in [5.74, 6) is 0.0126. The molecular formula is C21H19N5O. The second-order valence-corrected chi connectivity index (χ2v) is 7.08. The Morgan fingerprint density at radius 2 is 1.78 bits per heavy atom. The van der Waals surface area contributed by atoms with Gasteiger partial charge in [0, 0.05) is 61.0 Å². The van der Waals surface area contributed by atoms with Crippen LogP contribution in [0.2, 0.25) is 0 Å². The van der Waals surface area contributed by atoms with E-state index in [1.807, 2.05) is 35.5 Å². The molecule has 5 rings (SSSR count). The number of hydrogen-bond acceptors (Lipinski definition) is 4. The summed E-state index contributed by atoms with van der Waals surface area (Å²) in [4.78, 5) is 23.1. The number of fused-ring (bicyclic) bond motifs is 1. The van der Waals surface area contributed by atoms with Crippen molar-refractivity contribution < 1.29 is 4.79 Å². The van der Waals surface area contributed by atoms with E-state index < -0.39 is 0 Å². The molecule has 0 saturated carbocycles. The van der Waals surface area contributed by atoms with Crippen LogP contribution in [0.5, 0.6) is 0 Å². The fourth-order valence-electron chi connectivity index (χ4n) is 3.91. The molecule has 3 aromatic rings. The fraction of sp³-hybridized carbons (Fsp3) is 0.238. The predicted molar refractivity (Wildman–Crippen MR) is 101 cm³/mol. The smallest absolute Gasteiger partial charge is 0.274 e. The Hall–Kier alpha value is -3.28. The van der Waals surface area contributed by atoms with Gasteiger partial charge in [-0.25, -0.2) is 0 Å². The van der Waals surface area contributed by atoms with Gasteiger partial charge in [0.1, 0.15) is 0 Å². The number of rotatable bonds is 3. The number of likely N-dealkylation sites (tertiary alicyclic amines) is 1. The summed E-state index contributed by atoms with van der Waals surface area (Å²) in [7, 11) is 0. The minimum atomic E-state index is -0.390. The Morgan fingerprint density at radius 3 is 2.33 bits per heavy atom. The first-order valence-electron chi connectivity index (χ1n) is 9.15. The molecule has 27 heavy (non-hydrogen) atoms. The van der Waals surface area contributed by atoms with Gasteiger partial charge >= 0.3 is 0 Å². The number of allylic oxidation sites excluding steroid dienone is 1. The molecule has 1 aliphatic heterocycles. The third-order valence-electron chi connectivity index (χ3n) is 5.57. The number of hydrogen-bond donors (Lipinski definition) is 1. The third-order valence-corrected chi connectivity index (χ3v) is 5.57. The van der Waals surface area contributed by atoms with Crippen molar-refractivity contribution >= 4 is 12.0 Å². The van der Waals surface area contributed by atoms with Crippen LogP contribution in [0.1, 0.15) is 39.3 Å². The van der Waals surface area contributed by atoms with Crippen molar-refractivity contribution in [2.75, 3.05) is 13.1 Å². The molecule has 0 spiro atoms. The van der Waals surface area contributed by atoms with Gasteiger partial charge in [0.2, 0.25) is 0 Å². The van der Waals surface area contributed by atoms with Crippen LogP contribution >= 0.6 is 0 Å². The van der Waals surface area contributed by atoms with Crippen LogP contribution in [0.3, 0.4) is 0 Å². The Labute approximate surface area is 157 Å². The van der Waals surface area contributed by atoms with Crippen LogP contribution in [0.4, 0.5) is 0 Å². The topological polar surface area (TPSA) is 74.8 Å². The largest absolute Gasteiger partial charge is 0.337 e. The molecule has 1 N–H and O–H groups in total. The molecule has 0 aromatic carbocycles. The number of nitrogens with one attached hydrogen (secondary N) is 1. The van der Waals surface area contributed by atoms with Gasteiger partial charge in [0.15, 0.2) is 5.69 Å². The average molecular weight is 357 g/mol. The van der Waals surface area contributed by atoms with E-state index in [0.717, 1.165) is 41.9 Å². The lowest BCUT2D eigenvalue weighted by Gasteiger charge is -2.34. The number of carbonyl (C=O) groups excluding carboxylic acids is 1. The van der Waals surface area contributed by atoms with Crippen LogP contribution in [-0.4, -0.2) is 44.1 Å². The zero-order chi connectivity index (χ0) is 18.3. The van der Waals surface area contributed by atoms with Crippen molar-refractivity contribution in [1.82, 2.24) is 25.1 Å². The number of carbonyl (C=O) groups is 1. The van der Waals surface area contributed by atoms with Crippen molar-refractivity contribution in [3.8, 4) is 0 Å². The van der Waals surface area contributed by atoms with Crippen molar-refractivity contribution in [3.63, 3.8) is 0 Å². The fourth-order valence-corrected chi connectivity index (χ4v) is 3.91. The van der Waals surface area contributed by atoms with Crippen LogP contribution in [0.25, 0.3) is 6.08 Å².